The fraction of sp³-hybridized carbons (Fsp3) is 0.462. The van der Waals surface area contributed by atoms with Crippen LogP contribution < -0.4 is 5.32 Å². The Morgan fingerprint density at radius 2 is 2.25 bits per heavy atom. The molecule has 0 aliphatic carbocycles. The molecule has 1 aliphatic rings. The van der Waals surface area contributed by atoms with Crippen LogP contribution in [-0.2, 0) is 6.42 Å². The van der Waals surface area contributed by atoms with E-state index in [1.165, 1.54) is 0 Å². The molecule has 0 bridgehead atoms. The minimum absolute atomic E-state index is 0.559. The van der Waals surface area contributed by atoms with Crippen LogP contribution in [0.4, 0.5) is 0 Å². The van der Waals surface area contributed by atoms with E-state index in [1.54, 1.807) is 6.07 Å². The molecule has 16 heavy (non-hydrogen) atoms. The van der Waals surface area contributed by atoms with Crippen molar-refractivity contribution in [3.8, 4) is 6.07 Å². The average Bonchev–Trinajstić information content (AvgIpc) is 2.30. The van der Waals surface area contributed by atoms with Crippen LogP contribution in [0, 0.1) is 11.3 Å². The predicted molar refractivity (Wildman–Crippen MR) is 61.9 cm³/mol. The van der Waals surface area contributed by atoms with Gasteiger partial charge in [0.15, 0.2) is 0 Å². The number of hydrogen-bond acceptors (Lipinski definition) is 3. The van der Waals surface area contributed by atoms with Crippen LogP contribution in [0.25, 0.3) is 0 Å². The largest absolute Gasteiger partial charge is 0.388 e. The lowest BCUT2D eigenvalue weighted by molar-refractivity contribution is 0.0169. The molecule has 1 atom stereocenters. The second kappa shape index (κ2) is 4.65. The van der Waals surface area contributed by atoms with E-state index in [1.807, 2.05) is 18.2 Å². The number of benzene rings is 1. The van der Waals surface area contributed by atoms with Gasteiger partial charge >= 0.3 is 0 Å². The van der Waals surface area contributed by atoms with Crippen molar-refractivity contribution in [1.82, 2.24) is 5.32 Å². The van der Waals surface area contributed by atoms with Crippen molar-refractivity contribution in [2.45, 2.75) is 24.9 Å². The highest BCUT2D eigenvalue weighted by Gasteiger charge is 2.29. The molecule has 1 unspecified atom stereocenters. The summed E-state index contributed by atoms with van der Waals surface area (Å²) in [5.74, 6) is 0. The Kier molecular flexibility index (Phi) is 3.23. The van der Waals surface area contributed by atoms with E-state index in [9.17, 15) is 5.11 Å². The van der Waals surface area contributed by atoms with E-state index in [2.05, 4.69) is 11.4 Å². The molecule has 0 saturated carbocycles. The summed E-state index contributed by atoms with van der Waals surface area (Å²) in [6.07, 6.45) is 2.36. The first-order valence-electron chi connectivity index (χ1n) is 5.65. The molecule has 1 heterocycles. The van der Waals surface area contributed by atoms with Crippen LogP contribution in [0.15, 0.2) is 24.3 Å². The number of piperidine rings is 1. The first kappa shape index (κ1) is 11.1. The summed E-state index contributed by atoms with van der Waals surface area (Å²) in [5.41, 5.74) is 0.920. The number of nitriles is 1. The Morgan fingerprint density at radius 1 is 1.44 bits per heavy atom. The molecule has 0 radical (unpaired) electrons. The number of nitrogens with zero attached hydrogens (tertiary/aromatic N) is 1. The molecular weight excluding hydrogens is 200 g/mol. The van der Waals surface area contributed by atoms with Crippen molar-refractivity contribution < 1.29 is 5.11 Å². The molecule has 3 heteroatoms. The molecule has 84 valence electrons. The Labute approximate surface area is 95.7 Å². The lowest BCUT2D eigenvalue weighted by Gasteiger charge is -2.33. The first-order valence-corrected chi connectivity index (χ1v) is 5.65. The standard InChI is InChI=1S/C13H16N2O/c14-9-12-5-2-1-4-11(12)8-13(16)6-3-7-15-10-13/h1-2,4-5,15-16H,3,6-8,10H2. The topological polar surface area (TPSA) is 56.0 Å². The fourth-order valence-corrected chi connectivity index (χ4v) is 2.24. The van der Waals surface area contributed by atoms with Gasteiger partial charge in [-0.05, 0) is 31.0 Å². The third kappa shape index (κ3) is 2.41. The molecule has 2 rings (SSSR count). The molecule has 1 fully saturated rings. The summed E-state index contributed by atoms with van der Waals surface area (Å²) >= 11 is 0. The van der Waals surface area contributed by atoms with Crippen molar-refractivity contribution in [1.29, 1.82) is 5.26 Å². The summed E-state index contributed by atoms with van der Waals surface area (Å²) in [6.45, 7) is 1.59. The second-order valence-corrected chi connectivity index (χ2v) is 4.45. The lowest BCUT2D eigenvalue weighted by Crippen LogP contribution is -2.47. The van der Waals surface area contributed by atoms with Crippen molar-refractivity contribution in [3.63, 3.8) is 0 Å². The highest BCUT2D eigenvalue weighted by atomic mass is 16.3. The normalized spacial score (nSPS) is 25.0. The van der Waals surface area contributed by atoms with Gasteiger partial charge in [0.2, 0.25) is 0 Å². The summed E-state index contributed by atoms with van der Waals surface area (Å²) in [7, 11) is 0. The Bertz CT molecular complexity index is 403. The predicted octanol–water partition coefficient (Wildman–Crippen LogP) is 1.22. The average molecular weight is 216 g/mol. The molecule has 0 aromatic heterocycles. The van der Waals surface area contributed by atoms with E-state index < -0.39 is 5.60 Å². The van der Waals surface area contributed by atoms with Gasteiger partial charge in [-0.2, -0.15) is 5.26 Å². The van der Waals surface area contributed by atoms with Crippen LogP contribution >= 0.6 is 0 Å². The van der Waals surface area contributed by atoms with Crippen LogP contribution in [0.2, 0.25) is 0 Å². The third-order valence-corrected chi connectivity index (χ3v) is 3.11. The number of β-amino-alcohol motifs (C(OH)–C–C–N with tert-alkyl or cyclic N) is 1. The molecule has 2 N–H and O–H groups in total. The Balaban J connectivity index is 2.16. The van der Waals surface area contributed by atoms with Crippen molar-refractivity contribution >= 4 is 0 Å². The maximum atomic E-state index is 10.4. The van der Waals surface area contributed by atoms with Crippen LogP contribution in [-0.4, -0.2) is 23.8 Å². The highest BCUT2D eigenvalue weighted by molar-refractivity contribution is 5.38. The van der Waals surface area contributed by atoms with Crippen LogP contribution in [0.3, 0.4) is 0 Å². The van der Waals surface area contributed by atoms with Gasteiger partial charge in [0.1, 0.15) is 0 Å². The maximum absolute atomic E-state index is 10.4. The highest BCUT2D eigenvalue weighted by Crippen LogP contribution is 2.22. The summed E-state index contributed by atoms with van der Waals surface area (Å²) in [4.78, 5) is 0. The lowest BCUT2D eigenvalue weighted by atomic mass is 9.86. The van der Waals surface area contributed by atoms with Gasteiger partial charge in [0.25, 0.3) is 0 Å². The zero-order valence-corrected chi connectivity index (χ0v) is 9.24. The molecule has 0 spiro atoms. The minimum atomic E-state index is -0.689. The van der Waals surface area contributed by atoms with Gasteiger partial charge in [-0.1, -0.05) is 18.2 Å². The quantitative estimate of drug-likeness (QED) is 0.781. The molecular formula is C13H16N2O. The molecule has 1 saturated heterocycles. The number of hydrogen-bond donors (Lipinski definition) is 2. The van der Waals surface area contributed by atoms with Crippen molar-refractivity contribution in [3.05, 3.63) is 35.4 Å². The minimum Gasteiger partial charge on any atom is -0.388 e. The summed E-state index contributed by atoms with van der Waals surface area (Å²) in [5, 5.41) is 22.6. The zero-order valence-electron chi connectivity index (χ0n) is 9.24. The van der Waals surface area contributed by atoms with E-state index >= 15 is 0 Å². The van der Waals surface area contributed by atoms with E-state index in [0.717, 1.165) is 24.9 Å². The molecule has 0 amide bonds. The number of nitrogens with one attached hydrogen (secondary N) is 1. The second-order valence-electron chi connectivity index (χ2n) is 4.45. The zero-order chi connectivity index (χ0) is 11.4. The number of aliphatic hydroxyl groups is 1. The Morgan fingerprint density at radius 3 is 2.94 bits per heavy atom. The number of rotatable bonds is 2. The van der Waals surface area contributed by atoms with Crippen molar-refractivity contribution in [2.75, 3.05) is 13.1 Å². The van der Waals surface area contributed by atoms with Crippen LogP contribution in [0.5, 0.6) is 0 Å². The smallest absolute Gasteiger partial charge is 0.0994 e. The van der Waals surface area contributed by atoms with E-state index in [0.29, 0.717) is 18.5 Å². The van der Waals surface area contributed by atoms with E-state index in [-0.39, 0.29) is 0 Å². The van der Waals surface area contributed by atoms with Gasteiger partial charge in [0.05, 0.1) is 17.2 Å². The summed E-state index contributed by atoms with van der Waals surface area (Å²) in [6, 6.07) is 9.66. The fourth-order valence-electron chi connectivity index (χ4n) is 2.24. The van der Waals surface area contributed by atoms with Gasteiger partial charge < -0.3 is 10.4 Å². The maximum Gasteiger partial charge on any atom is 0.0994 e. The SMILES string of the molecule is N#Cc1ccccc1CC1(O)CCCNC1. The van der Waals surface area contributed by atoms with Gasteiger partial charge in [-0.25, -0.2) is 0 Å². The molecule has 1 aromatic carbocycles. The van der Waals surface area contributed by atoms with Gasteiger partial charge in [-0.15, -0.1) is 0 Å². The molecule has 1 aliphatic heterocycles. The monoisotopic (exact) mass is 216 g/mol. The van der Waals surface area contributed by atoms with E-state index in [4.69, 9.17) is 5.26 Å². The van der Waals surface area contributed by atoms with Crippen LogP contribution in [0.1, 0.15) is 24.0 Å². The first-order chi connectivity index (χ1) is 7.73. The molecule has 3 nitrogen and oxygen atoms in total. The molecule has 1 aromatic rings. The summed E-state index contributed by atoms with van der Waals surface area (Å²) < 4.78 is 0. The third-order valence-electron chi connectivity index (χ3n) is 3.11. The van der Waals surface area contributed by atoms with Gasteiger partial charge in [-0.3, -0.25) is 0 Å². The Hall–Kier alpha value is -1.37. The van der Waals surface area contributed by atoms with Crippen molar-refractivity contribution in [2.24, 2.45) is 0 Å². The van der Waals surface area contributed by atoms with Gasteiger partial charge in [0, 0.05) is 13.0 Å².